The Labute approximate surface area is 182 Å². The molecule has 166 valence electrons. The summed E-state index contributed by atoms with van der Waals surface area (Å²) in [5, 5.41) is 3.87. The van der Waals surface area contributed by atoms with Crippen molar-refractivity contribution in [2.24, 2.45) is 5.11 Å². The number of allylic oxidation sites excluding steroid dienone is 1. The lowest BCUT2D eigenvalue weighted by Gasteiger charge is -2.19. The molecule has 1 aliphatic heterocycles. The van der Waals surface area contributed by atoms with Gasteiger partial charge in [-0.3, -0.25) is 0 Å². The quantitative estimate of drug-likeness (QED) is 0.0924. The number of ether oxygens (including phenoxy) is 2. The lowest BCUT2D eigenvalue weighted by molar-refractivity contribution is -0.000813. The fourth-order valence-corrected chi connectivity index (χ4v) is 3.90. The summed E-state index contributed by atoms with van der Waals surface area (Å²) in [5.74, 6) is 0. The Hall–Kier alpha value is -1.81. The van der Waals surface area contributed by atoms with Crippen molar-refractivity contribution in [1.29, 1.82) is 0 Å². The minimum Gasteiger partial charge on any atom is -0.371 e. The third kappa shape index (κ3) is 9.80. The molecule has 0 spiro atoms. The van der Waals surface area contributed by atoms with Crippen molar-refractivity contribution in [3.05, 3.63) is 58.5 Å². The first-order valence-corrected chi connectivity index (χ1v) is 11.8. The normalized spacial score (nSPS) is 21.2. The van der Waals surface area contributed by atoms with E-state index in [4.69, 9.17) is 15.0 Å². The molecule has 0 aliphatic carbocycles. The zero-order valence-electron chi connectivity index (χ0n) is 18.6. The van der Waals surface area contributed by atoms with Crippen LogP contribution in [0.15, 0.2) is 47.6 Å². The molecule has 0 amide bonds. The fourth-order valence-electron chi connectivity index (χ4n) is 3.90. The Morgan fingerprint density at radius 1 is 1.03 bits per heavy atom. The van der Waals surface area contributed by atoms with E-state index in [0.29, 0.717) is 13.2 Å². The van der Waals surface area contributed by atoms with Gasteiger partial charge in [-0.1, -0.05) is 112 Å². The molecule has 0 bridgehead atoms. The molecule has 0 N–H and O–H groups in total. The van der Waals surface area contributed by atoms with Gasteiger partial charge in [0.1, 0.15) is 6.10 Å². The van der Waals surface area contributed by atoms with Crippen LogP contribution in [-0.2, 0) is 16.1 Å². The second-order valence-corrected chi connectivity index (χ2v) is 8.23. The molecule has 0 saturated carbocycles. The lowest BCUT2D eigenvalue weighted by atomic mass is 10.1. The van der Waals surface area contributed by atoms with Gasteiger partial charge in [-0.2, -0.15) is 0 Å². The Morgan fingerprint density at radius 3 is 2.37 bits per heavy atom. The Morgan fingerprint density at radius 2 is 1.70 bits per heavy atom. The summed E-state index contributed by atoms with van der Waals surface area (Å²) in [4.78, 5) is 2.96. The number of azide groups is 1. The van der Waals surface area contributed by atoms with Crippen LogP contribution < -0.4 is 0 Å². The summed E-state index contributed by atoms with van der Waals surface area (Å²) < 4.78 is 11.9. The van der Waals surface area contributed by atoms with Crippen LogP contribution in [0.4, 0.5) is 0 Å². The van der Waals surface area contributed by atoms with Crippen molar-refractivity contribution in [3.63, 3.8) is 0 Å². The maximum absolute atomic E-state index is 8.83. The second kappa shape index (κ2) is 16.0. The average Bonchev–Trinajstić information content (AvgIpc) is 3.15. The van der Waals surface area contributed by atoms with E-state index in [-0.39, 0.29) is 18.2 Å². The standard InChI is InChI=1S/C25H39N3O2/c1-2-3-4-5-6-7-8-9-10-11-12-16-19-24-25(23(21-29-24)27-28-26)30-20-22-17-14-13-15-18-22/h13-19,23-25H,2-12,20-21H2,1H3/b19-16-/t23-,24-,25-/m0/s1. The Kier molecular flexibility index (Phi) is 13.0. The SMILES string of the molecule is CCCCCCCCCCCC/C=C\[C@@H]1OC[C@H](N=[N+]=[N-])[C@@H]1OCc1ccccc1. The lowest BCUT2D eigenvalue weighted by Crippen LogP contribution is -2.30. The molecule has 30 heavy (non-hydrogen) atoms. The Balaban J connectivity index is 1.63. The third-order valence-corrected chi connectivity index (χ3v) is 5.70. The number of rotatable bonds is 16. The van der Waals surface area contributed by atoms with Gasteiger partial charge in [-0.15, -0.1) is 0 Å². The van der Waals surface area contributed by atoms with Gasteiger partial charge in [-0.25, -0.2) is 0 Å². The highest BCUT2D eigenvalue weighted by Crippen LogP contribution is 2.23. The van der Waals surface area contributed by atoms with Crippen LogP contribution in [-0.4, -0.2) is 24.9 Å². The molecule has 3 atom stereocenters. The minimum atomic E-state index is -0.273. The highest BCUT2D eigenvalue weighted by atomic mass is 16.6. The minimum absolute atomic E-state index is 0.146. The number of unbranched alkanes of at least 4 members (excludes halogenated alkanes) is 10. The highest BCUT2D eigenvalue weighted by Gasteiger charge is 2.36. The van der Waals surface area contributed by atoms with Crippen molar-refractivity contribution in [3.8, 4) is 0 Å². The van der Waals surface area contributed by atoms with Crippen molar-refractivity contribution < 1.29 is 9.47 Å². The Bertz CT molecular complexity index is 629. The van der Waals surface area contributed by atoms with E-state index < -0.39 is 0 Å². The predicted octanol–water partition coefficient (Wildman–Crippen LogP) is 7.52. The van der Waals surface area contributed by atoms with E-state index >= 15 is 0 Å². The molecule has 1 saturated heterocycles. The molecule has 1 aromatic carbocycles. The van der Waals surface area contributed by atoms with Crippen LogP contribution in [0.25, 0.3) is 10.4 Å². The van der Waals surface area contributed by atoms with Gasteiger partial charge < -0.3 is 9.47 Å². The summed E-state index contributed by atoms with van der Waals surface area (Å²) >= 11 is 0. The molecule has 1 fully saturated rings. The predicted molar refractivity (Wildman–Crippen MR) is 123 cm³/mol. The highest BCUT2D eigenvalue weighted by molar-refractivity contribution is 5.14. The number of hydrogen-bond donors (Lipinski definition) is 0. The maximum atomic E-state index is 8.83. The molecule has 2 rings (SSSR count). The van der Waals surface area contributed by atoms with Gasteiger partial charge in [-0.05, 0) is 23.9 Å². The van der Waals surface area contributed by atoms with E-state index in [1.165, 1.54) is 64.2 Å². The largest absolute Gasteiger partial charge is 0.371 e. The number of nitrogens with zero attached hydrogens (tertiary/aromatic N) is 3. The van der Waals surface area contributed by atoms with Crippen LogP contribution in [0, 0.1) is 0 Å². The topological polar surface area (TPSA) is 67.2 Å². The van der Waals surface area contributed by atoms with E-state index in [9.17, 15) is 0 Å². The smallest absolute Gasteiger partial charge is 0.102 e. The van der Waals surface area contributed by atoms with Crippen LogP contribution >= 0.6 is 0 Å². The molecular weight excluding hydrogens is 374 g/mol. The summed E-state index contributed by atoms with van der Waals surface area (Å²) in [6.45, 7) is 3.18. The summed E-state index contributed by atoms with van der Waals surface area (Å²) in [5.41, 5.74) is 9.94. The van der Waals surface area contributed by atoms with E-state index in [1.54, 1.807) is 0 Å². The van der Waals surface area contributed by atoms with Gasteiger partial charge in [0.25, 0.3) is 0 Å². The van der Waals surface area contributed by atoms with Gasteiger partial charge in [0, 0.05) is 4.91 Å². The number of hydrogen-bond acceptors (Lipinski definition) is 3. The molecule has 5 nitrogen and oxygen atoms in total. The van der Waals surface area contributed by atoms with Gasteiger partial charge >= 0.3 is 0 Å². The molecule has 1 aliphatic rings. The molecule has 0 unspecified atom stereocenters. The van der Waals surface area contributed by atoms with E-state index in [2.05, 4.69) is 29.1 Å². The fraction of sp³-hybridized carbons (Fsp3) is 0.680. The molecule has 5 heteroatoms. The summed E-state index contributed by atoms with van der Waals surface area (Å²) in [7, 11) is 0. The third-order valence-electron chi connectivity index (χ3n) is 5.70. The van der Waals surface area contributed by atoms with Gasteiger partial charge in [0.2, 0.25) is 0 Å². The van der Waals surface area contributed by atoms with Crippen LogP contribution in [0.1, 0.15) is 83.1 Å². The zero-order valence-corrected chi connectivity index (χ0v) is 18.6. The van der Waals surface area contributed by atoms with Crippen LogP contribution in [0.2, 0.25) is 0 Å². The summed E-state index contributed by atoms with van der Waals surface area (Å²) in [6.07, 6.45) is 18.5. The van der Waals surface area contributed by atoms with Crippen LogP contribution in [0.3, 0.4) is 0 Å². The molecular formula is C25H39N3O2. The van der Waals surface area contributed by atoms with Crippen molar-refractivity contribution in [1.82, 2.24) is 0 Å². The first-order valence-electron chi connectivity index (χ1n) is 11.8. The van der Waals surface area contributed by atoms with Gasteiger partial charge in [0.05, 0.1) is 25.4 Å². The van der Waals surface area contributed by atoms with Crippen molar-refractivity contribution >= 4 is 0 Å². The van der Waals surface area contributed by atoms with Crippen LogP contribution in [0.5, 0.6) is 0 Å². The zero-order chi connectivity index (χ0) is 21.3. The summed E-state index contributed by atoms with van der Waals surface area (Å²) in [6, 6.07) is 9.79. The number of benzene rings is 1. The monoisotopic (exact) mass is 413 g/mol. The second-order valence-electron chi connectivity index (χ2n) is 8.23. The van der Waals surface area contributed by atoms with E-state index in [1.807, 2.05) is 30.3 Å². The van der Waals surface area contributed by atoms with Gasteiger partial charge in [0.15, 0.2) is 0 Å². The molecule has 0 radical (unpaired) electrons. The molecule has 1 heterocycles. The molecule has 1 aromatic rings. The van der Waals surface area contributed by atoms with E-state index in [0.717, 1.165) is 12.0 Å². The van der Waals surface area contributed by atoms with Crippen molar-refractivity contribution in [2.75, 3.05) is 6.61 Å². The first-order chi connectivity index (χ1) is 14.8. The average molecular weight is 414 g/mol. The first kappa shape index (κ1) is 24.5. The maximum Gasteiger partial charge on any atom is 0.102 e. The van der Waals surface area contributed by atoms with Crippen molar-refractivity contribution in [2.45, 2.75) is 102 Å². The molecule has 0 aromatic heterocycles.